The van der Waals surface area contributed by atoms with E-state index >= 15 is 0 Å². The Morgan fingerprint density at radius 1 is 1.09 bits per heavy atom. The molecule has 32 heavy (non-hydrogen) atoms. The molecule has 0 aliphatic carbocycles. The summed E-state index contributed by atoms with van der Waals surface area (Å²) in [7, 11) is 3.38. The average Bonchev–Trinajstić information content (AvgIpc) is 2.77. The zero-order valence-electron chi connectivity index (χ0n) is 20.0. The van der Waals surface area contributed by atoms with Gasteiger partial charge in [0, 0.05) is 65.5 Å². The van der Waals surface area contributed by atoms with Crippen molar-refractivity contribution in [1.82, 2.24) is 25.8 Å². The molecule has 1 fully saturated rings. The van der Waals surface area contributed by atoms with Crippen molar-refractivity contribution in [2.24, 2.45) is 4.99 Å². The number of nitrogens with one attached hydrogen (secondary N) is 3. The molecule has 0 unspecified atom stereocenters. The summed E-state index contributed by atoms with van der Waals surface area (Å²) in [6.45, 7) is 11.0. The van der Waals surface area contributed by atoms with Gasteiger partial charge in [-0.05, 0) is 44.9 Å². The number of piperazine rings is 1. The molecule has 2 rings (SSSR count). The third-order valence-corrected chi connectivity index (χ3v) is 5.09. The van der Waals surface area contributed by atoms with Gasteiger partial charge in [0.15, 0.2) is 5.96 Å². The Morgan fingerprint density at radius 2 is 1.78 bits per heavy atom. The molecule has 2 amide bonds. The van der Waals surface area contributed by atoms with E-state index in [9.17, 15) is 9.59 Å². The van der Waals surface area contributed by atoms with Gasteiger partial charge in [-0.25, -0.2) is 4.79 Å². The number of amides is 2. The molecule has 1 aromatic rings. The second-order valence-electron chi connectivity index (χ2n) is 8.76. The van der Waals surface area contributed by atoms with Gasteiger partial charge >= 0.3 is 6.09 Å². The number of carbonyl (C=O) groups excluding carboxylic acids is 2. The summed E-state index contributed by atoms with van der Waals surface area (Å²) >= 11 is 0. The van der Waals surface area contributed by atoms with Crippen LogP contribution >= 0.6 is 0 Å². The fourth-order valence-electron chi connectivity index (χ4n) is 3.37. The zero-order valence-corrected chi connectivity index (χ0v) is 20.0. The molecule has 1 aliphatic heterocycles. The van der Waals surface area contributed by atoms with E-state index in [1.165, 1.54) is 0 Å². The van der Waals surface area contributed by atoms with Crippen LogP contribution in [0.2, 0.25) is 0 Å². The van der Waals surface area contributed by atoms with Gasteiger partial charge in [-0.1, -0.05) is 12.1 Å². The zero-order chi connectivity index (χ0) is 23.6. The highest BCUT2D eigenvalue weighted by molar-refractivity contribution is 5.94. The van der Waals surface area contributed by atoms with Crippen molar-refractivity contribution in [2.45, 2.75) is 32.8 Å². The van der Waals surface area contributed by atoms with Gasteiger partial charge in [-0.15, -0.1) is 0 Å². The SMILES string of the molecule is CN=C(NCCc1cccc(C(=O)NC)c1)NCCN1CCN(C(=O)OC(C)(C)C)CC1. The summed E-state index contributed by atoms with van der Waals surface area (Å²) < 4.78 is 5.45. The quantitative estimate of drug-likeness (QED) is 0.432. The summed E-state index contributed by atoms with van der Waals surface area (Å²) in [5, 5.41) is 9.29. The Hall–Kier alpha value is -2.81. The van der Waals surface area contributed by atoms with Gasteiger partial charge in [0.05, 0.1) is 0 Å². The van der Waals surface area contributed by atoms with Crippen LogP contribution in [0.25, 0.3) is 0 Å². The molecule has 0 radical (unpaired) electrons. The highest BCUT2D eigenvalue weighted by atomic mass is 16.6. The Morgan fingerprint density at radius 3 is 2.41 bits per heavy atom. The molecule has 1 aromatic carbocycles. The largest absolute Gasteiger partial charge is 0.444 e. The Bertz CT molecular complexity index is 782. The molecule has 9 nitrogen and oxygen atoms in total. The molecule has 9 heteroatoms. The van der Waals surface area contributed by atoms with E-state index in [0.29, 0.717) is 25.2 Å². The molecule has 1 saturated heterocycles. The molecule has 0 bridgehead atoms. The maximum atomic E-state index is 12.2. The van der Waals surface area contributed by atoms with Crippen molar-refractivity contribution >= 4 is 18.0 Å². The fraction of sp³-hybridized carbons (Fsp3) is 0.609. The minimum atomic E-state index is -0.464. The van der Waals surface area contributed by atoms with Crippen LogP contribution in [0.3, 0.4) is 0 Å². The number of hydrogen-bond donors (Lipinski definition) is 3. The molecular formula is C23H38N6O3. The normalized spacial score (nSPS) is 15.3. The monoisotopic (exact) mass is 446 g/mol. The number of guanidine groups is 1. The molecule has 0 spiro atoms. The summed E-state index contributed by atoms with van der Waals surface area (Å²) in [5.41, 5.74) is 1.30. The first-order valence-electron chi connectivity index (χ1n) is 11.2. The lowest BCUT2D eigenvalue weighted by Gasteiger charge is -2.35. The van der Waals surface area contributed by atoms with E-state index in [2.05, 4.69) is 25.8 Å². The molecular weight excluding hydrogens is 408 g/mol. The van der Waals surface area contributed by atoms with E-state index in [4.69, 9.17) is 4.74 Å². The lowest BCUT2D eigenvalue weighted by Crippen LogP contribution is -2.51. The number of carbonyl (C=O) groups is 2. The molecule has 1 heterocycles. The van der Waals surface area contributed by atoms with Gasteiger partial charge in [0.1, 0.15) is 5.60 Å². The number of benzene rings is 1. The van der Waals surface area contributed by atoms with E-state index in [-0.39, 0.29) is 12.0 Å². The van der Waals surface area contributed by atoms with Crippen LogP contribution < -0.4 is 16.0 Å². The van der Waals surface area contributed by atoms with Crippen LogP contribution in [0.4, 0.5) is 4.79 Å². The number of rotatable bonds is 7. The van der Waals surface area contributed by atoms with Crippen molar-refractivity contribution in [3.8, 4) is 0 Å². The van der Waals surface area contributed by atoms with E-state index in [1.54, 1.807) is 19.0 Å². The second-order valence-corrected chi connectivity index (χ2v) is 8.76. The van der Waals surface area contributed by atoms with Crippen LogP contribution in [-0.4, -0.2) is 93.3 Å². The summed E-state index contributed by atoms with van der Waals surface area (Å²) in [5.74, 6) is 0.670. The standard InChI is InChI=1S/C23H38N6O3/c1-23(2,3)32-22(31)29-15-13-28(14-16-29)12-11-27-21(25-5)26-10-9-18-7-6-8-19(17-18)20(30)24-4/h6-8,17H,9-16H2,1-5H3,(H,24,30)(H2,25,26,27). The first-order valence-corrected chi connectivity index (χ1v) is 11.2. The third kappa shape index (κ3) is 8.74. The Labute approximate surface area is 191 Å². The molecule has 0 saturated carbocycles. The molecule has 0 atom stereocenters. The van der Waals surface area contributed by atoms with Crippen LogP contribution in [0, 0.1) is 0 Å². The minimum Gasteiger partial charge on any atom is -0.444 e. The van der Waals surface area contributed by atoms with Gasteiger partial charge in [-0.3, -0.25) is 14.7 Å². The van der Waals surface area contributed by atoms with Crippen molar-refractivity contribution < 1.29 is 14.3 Å². The number of hydrogen-bond acceptors (Lipinski definition) is 5. The van der Waals surface area contributed by atoms with Gasteiger partial charge < -0.3 is 25.6 Å². The summed E-state index contributed by atoms with van der Waals surface area (Å²) in [6, 6.07) is 7.63. The highest BCUT2D eigenvalue weighted by Gasteiger charge is 2.25. The van der Waals surface area contributed by atoms with Crippen molar-refractivity contribution in [2.75, 3.05) is 59.9 Å². The van der Waals surface area contributed by atoms with Crippen molar-refractivity contribution in [3.63, 3.8) is 0 Å². The van der Waals surface area contributed by atoms with E-state index in [0.717, 1.165) is 44.1 Å². The molecule has 3 N–H and O–H groups in total. The highest BCUT2D eigenvalue weighted by Crippen LogP contribution is 2.11. The van der Waals surface area contributed by atoms with E-state index in [1.807, 2.05) is 45.0 Å². The van der Waals surface area contributed by atoms with Crippen LogP contribution in [0.1, 0.15) is 36.7 Å². The number of ether oxygens (including phenoxy) is 1. The lowest BCUT2D eigenvalue weighted by atomic mass is 10.1. The Balaban J connectivity index is 1.65. The number of nitrogens with zero attached hydrogens (tertiary/aromatic N) is 3. The summed E-state index contributed by atoms with van der Waals surface area (Å²) in [4.78, 5) is 32.3. The van der Waals surface area contributed by atoms with Gasteiger partial charge in [-0.2, -0.15) is 0 Å². The second kappa shape index (κ2) is 12.3. The van der Waals surface area contributed by atoms with Crippen molar-refractivity contribution in [1.29, 1.82) is 0 Å². The van der Waals surface area contributed by atoms with Gasteiger partial charge in [0.25, 0.3) is 5.91 Å². The predicted molar refractivity (Wildman–Crippen MR) is 127 cm³/mol. The van der Waals surface area contributed by atoms with E-state index < -0.39 is 5.60 Å². The predicted octanol–water partition coefficient (Wildman–Crippen LogP) is 1.31. The average molecular weight is 447 g/mol. The van der Waals surface area contributed by atoms with Gasteiger partial charge in [0.2, 0.25) is 0 Å². The minimum absolute atomic E-state index is 0.0794. The van der Waals surface area contributed by atoms with Crippen LogP contribution in [0.5, 0.6) is 0 Å². The maximum absolute atomic E-state index is 12.2. The Kier molecular flexibility index (Phi) is 9.77. The molecule has 0 aromatic heterocycles. The molecule has 1 aliphatic rings. The first kappa shape index (κ1) is 25.5. The third-order valence-electron chi connectivity index (χ3n) is 5.09. The first-order chi connectivity index (χ1) is 15.2. The van der Waals surface area contributed by atoms with Crippen molar-refractivity contribution in [3.05, 3.63) is 35.4 Å². The maximum Gasteiger partial charge on any atom is 0.410 e. The fourth-order valence-corrected chi connectivity index (χ4v) is 3.37. The van der Waals surface area contributed by atoms with Crippen LogP contribution in [-0.2, 0) is 11.2 Å². The van der Waals surface area contributed by atoms with Crippen LogP contribution in [0.15, 0.2) is 29.3 Å². The lowest BCUT2D eigenvalue weighted by molar-refractivity contribution is 0.0147. The smallest absolute Gasteiger partial charge is 0.410 e. The molecule has 178 valence electrons. The summed E-state index contributed by atoms with van der Waals surface area (Å²) in [6.07, 6.45) is 0.554. The number of aliphatic imine (C=N–C) groups is 1. The topological polar surface area (TPSA) is 98.3 Å².